The molecule has 100 valence electrons. The maximum Gasteiger partial charge on any atom is 0.239 e. The van der Waals surface area contributed by atoms with Gasteiger partial charge in [0.05, 0.1) is 0 Å². The molecule has 0 radical (unpaired) electrons. The summed E-state index contributed by atoms with van der Waals surface area (Å²) in [7, 11) is 0. The second-order valence-electron chi connectivity index (χ2n) is 4.28. The molecular formula is C13H16BrN5. The van der Waals surface area contributed by atoms with Crippen molar-refractivity contribution in [3.05, 3.63) is 46.1 Å². The van der Waals surface area contributed by atoms with E-state index in [0.29, 0.717) is 5.95 Å². The van der Waals surface area contributed by atoms with Gasteiger partial charge in [-0.1, -0.05) is 28.1 Å². The molecule has 0 aliphatic heterocycles. The van der Waals surface area contributed by atoms with Crippen molar-refractivity contribution in [1.82, 2.24) is 9.97 Å². The molecule has 0 saturated heterocycles. The smallest absolute Gasteiger partial charge is 0.239 e. The van der Waals surface area contributed by atoms with E-state index in [2.05, 4.69) is 55.7 Å². The van der Waals surface area contributed by atoms with Gasteiger partial charge in [-0.05, 0) is 31.5 Å². The number of hydrogen-bond donors (Lipinski definition) is 3. The zero-order chi connectivity index (χ0) is 13.8. The fourth-order valence-corrected chi connectivity index (χ4v) is 2.03. The van der Waals surface area contributed by atoms with Crippen molar-refractivity contribution in [2.45, 2.75) is 19.9 Å². The van der Waals surface area contributed by atoms with E-state index in [0.717, 1.165) is 16.0 Å². The van der Waals surface area contributed by atoms with Gasteiger partial charge < -0.3 is 5.32 Å². The van der Waals surface area contributed by atoms with Gasteiger partial charge in [-0.25, -0.2) is 10.8 Å². The van der Waals surface area contributed by atoms with E-state index in [1.807, 2.05) is 25.1 Å². The van der Waals surface area contributed by atoms with Crippen molar-refractivity contribution in [3.8, 4) is 0 Å². The highest BCUT2D eigenvalue weighted by atomic mass is 79.9. The highest BCUT2D eigenvalue weighted by Crippen LogP contribution is 2.20. The van der Waals surface area contributed by atoms with Gasteiger partial charge in [0.15, 0.2) is 0 Å². The predicted molar refractivity (Wildman–Crippen MR) is 80.8 cm³/mol. The number of aryl methyl sites for hydroxylation is 1. The number of rotatable bonds is 4. The second-order valence-corrected chi connectivity index (χ2v) is 5.20. The van der Waals surface area contributed by atoms with Gasteiger partial charge in [-0.3, -0.25) is 5.43 Å². The topological polar surface area (TPSA) is 75.9 Å². The van der Waals surface area contributed by atoms with Crippen LogP contribution in [0.2, 0.25) is 0 Å². The van der Waals surface area contributed by atoms with E-state index >= 15 is 0 Å². The van der Waals surface area contributed by atoms with Gasteiger partial charge >= 0.3 is 0 Å². The van der Waals surface area contributed by atoms with E-state index in [-0.39, 0.29) is 6.04 Å². The second kappa shape index (κ2) is 5.99. The van der Waals surface area contributed by atoms with Crippen molar-refractivity contribution in [3.63, 3.8) is 0 Å². The molecule has 2 aromatic rings. The third kappa shape index (κ3) is 3.65. The van der Waals surface area contributed by atoms with E-state index in [9.17, 15) is 0 Å². The van der Waals surface area contributed by atoms with Crippen molar-refractivity contribution < 1.29 is 0 Å². The summed E-state index contributed by atoms with van der Waals surface area (Å²) in [5.74, 6) is 6.49. The number of benzene rings is 1. The normalized spacial score (nSPS) is 12.0. The van der Waals surface area contributed by atoms with Crippen LogP contribution < -0.4 is 16.6 Å². The first-order chi connectivity index (χ1) is 9.08. The van der Waals surface area contributed by atoms with Gasteiger partial charge in [0, 0.05) is 22.3 Å². The minimum atomic E-state index is 0.146. The highest BCUT2D eigenvalue weighted by molar-refractivity contribution is 9.10. The molecule has 1 aromatic heterocycles. The lowest BCUT2D eigenvalue weighted by Gasteiger charge is -2.16. The summed E-state index contributed by atoms with van der Waals surface area (Å²) >= 11 is 3.43. The number of anilines is 2. The molecule has 0 saturated carbocycles. The highest BCUT2D eigenvalue weighted by Gasteiger charge is 2.07. The van der Waals surface area contributed by atoms with E-state index < -0.39 is 0 Å². The fourth-order valence-electron chi connectivity index (χ4n) is 1.76. The fraction of sp³-hybridized carbons (Fsp3) is 0.231. The van der Waals surface area contributed by atoms with Crippen LogP contribution in [0.1, 0.15) is 24.2 Å². The van der Waals surface area contributed by atoms with Crippen LogP contribution in [-0.2, 0) is 0 Å². The molecule has 1 atom stereocenters. The molecule has 1 unspecified atom stereocenters. The van der Waals surface area contributed by atoms with Gasteiger partial charge in [-0.2, -0.15) is 4.98 Å². The minimum Gasteiger partial charge on any atom is -0.363 e. The lowest BCUT2D eigenvalue weighted by molar-refractivity contribution is 0.870. The Balaban J connectivity index is 2.16. The van der Waals surface area contributed by atoms with Gasteiger partial charge in [-0.15, -0.1) is 0 Å². The summed E-state index contributed by atoms with van der Waals surface area (Å²) in [5, 5.41) is 3.33. The Bertz CT molecular complexity index is 555. The standard InChI is InChI=1S/C13H16BrN5/c1-8-7-12(18-13(16-8)19-15)17-9(2)10-3-5-11(14)6-4-10/h3-7,9H,15H2,1-2H3,(H2,16,17,18,19). The molecule has 0 aliphatic carbocycles. The molecule has 0 spiro atoms. The first-order valence-electron chi connectivity index (χ1n) is 5.93. The summed E-state index contributed by atoms with van der Waals surface area (Å²) in [6.45, 7) is 3.98. The van der Waals surface area contributed by atoms with Crippen molar-refractivity contribution in [1.29, 1.82) is 0 Å². The molecule has 0 amide bonds. The largest absolute Gasteiger partial charge is 0.363 e. The maximum absolute atomic E-state index is 5.34. The number of aromatic nitrogens is 2. The first kappa shape index (κ1) is 13.8. The Hall–Kier alpha value is -1.66. The molecule has 0 aliphatic rings. The predicted octanol–water partition coefficient (Wildman–Crippen LogP) is 3.01. The van der Waals surface area contributed by atoms with Gasteiger partial charge in [0.1, 0.15) is 5.82 Å². The number of nitrogens with two attached hydrogens (primary N) is 1. The average Bonchev–Trinajstić information content (AvgIpc) is 2.38. The first-order valence-corrected chi connectivity index (χ1v) is 6.72. The van der Waals surface area contributed by atoms with E-state index in [1.165, 1.54) is 5.56 Å². The summed E-state index contributed by atoms with van der Waals surface area (Å²) in [6, 6.07) is 10.2. The average molecular weight is 322 g/mol. The Morgan fingerprint density at radius 2 is 1.89 bits per heavy atom. The molecule has 0 bridgehead atoms. The SMILES string of the molecule is Cc1cc(NC(C)c2ccc(Br)cc2)nc(NN)n1. The maximum atomic E-state index is 5.34. The van der Waals surface area contributed by atoms with Crippen LogP contribution in [0.25, 0.3) is 0 Å². The number of hydrazine groups is 1. The third-order valence-corrected chi connectivity index (χ3v) is 3.25. The summed E-state index contributed by atoms with van der Waals surface area (Å²) in [6.07, 6.45) is 0. The molecule has 0 fully saturated rings. The number of hydrogen-bond acceptors (Lipinski definition) is 5. The van der Waals surface area contributed by atoms with Crippen LogP contribution in [0.15, 0.2) is 34.8 Å². The number of halogens is 1. The monoisotopic (exact) mass is 321 g/mol. The molecule has 5 nitrogen and oxygen atoms in total. The number of nitrogen functional groups attached to an aromatic ring is 1. The number of nitrogens with one attached hydrogen (secondary N) is 2. The van der Waals surface area contributed by atoms with Crippen molar-refractivity contribution >= 4 is 27.7 Å². The zero-order valence-corrected chi connectivity index (χ0v) is 12.4. The lowest BCUT2D eigenvalue weighted by Crippen LogP contribution is -2.14. The molecule has 1 aromatic carbocycles. The molecular weight excluding hydrogens is 306 g/mol. The Labute approximate surface area is 120 Å². The van der Waals surface area contributed by atoms with Crippen LogP contribution in [0.5, 0.6) is 0 Å². The zero-order valence-electron chi connectivity index (χ0n) is 10.8. The summed E-state index contributed by atoms with van der Waals surface area (Å²) in [4.78, 5) is 8.42. The Morgan fingerprint density at radius 1 is 1.21 bits per heavy atom. The Kier molecular flexibility index (Phi) is 4.34. The van der Waals surface area contributed by atoms with Crippen LogP contribution in [-0.4, -0.2) is 9.97 Å². The Morgan fingerprint density at radius 3 is 2.53 bits per heavy atom. The van der Waals surface area contributed by atoms with Gasteiger partial charge in [0.25, 0.3) is 0 Å². The summed E-state index contributed by atoms with van der Waals surface area (Å²) in [5.41, 5.74) is 4.50. The molecule has 6 heteroatoms. The summed E-state index contributed by atoms with van der Waals surface area (Å²) < 4.78 is 1.07. The van der Waals surface area contributed by atoms with E-state index in [1.54, 1.807) is 0 Å². The minimum absolute atomic E-state index is 0.146. The van der Waals surface area contributed by atoms with Crippen LogP contribution in [0, 0.1) is 6.92 Å². The van der Waals surface area contributed by atoms with Crippen LogP contribution in [0.3, 0.4) is 0 Å². The molecule has 2 rings (SSSR count). The lowest BCUT2D eigenvalue weighted by atomic mass is 10.1. The van der Waals surface area contributed by atoms with Crippen LogP contribution >= 0.6 is 15.9 Å². The van der Waals surface area contributed by atoms with Crippen molar-refractivity contribution in [2.24, 2.45) is 5.84 Å². The van der Waals surface area contributed by atoms with E-state index in [4.69, 9.17) is 5.84 Å². The van der Waals surface area contributed by atoms with Crippen molar-refractivity contribution in [2.75, 3.05) is 10.7 Å². The van der Waals surface area contributed by atoms with Gasteiger partial charge in [0.2, 0.25) is 5.95 Å². The molecule has 4 N–H and O–H groups in total. The molecule has 19 heavy (non-hydrogen) atoms. The number of nitrogens with zero attached hydrogens (tertiary/aromatic N) is 2. The molecule has 1 heterocycles. The van der Waals surface area contributed by atoms with Crippen LogP contribution in [0.4, 0.5) is 11.8 Å². The third-order valence-electron chi connectivity index (χ3n) is 2.72. The quantitative estimate of drug-likeness (QED) is 0.596.